The lowest BCUT2D eigenvalue weighted by atomic mass is 10.0. The summed E-state index contributed by atoms with van der Waals surface area (Å²) >= 11 is 0. The molecule has 1 unspecified atom stereocenters. The molecule has 0 saturated carbocycles. The average Bonchev–Trinajstić information content (AvgIpc) is 2.38. The molecule has 0 bridgehead atoms. The average molecular weight is 253 g/mol. The standard InChI is InChI=1S/C13H19NO4/c1-16-11-4-5-12(17-2)9(7-11)6-10(14)8-13(15)18-3/h4-5,7,10H,6,8,14H2,1-3H3. The van der Waals surface area contributed by atoms with E-state index in [0.717, 1.165) is 17.1 Å². The summed E-state index contributed by atoms with van der Waals surface area (Å²) in [5.74, 6) is 1.15. The fourth-order valence-corrected chi connectivity index (χ4v) is 1.69. The first-order valence-corrected chi connectivity index (χ1v) is 5.64. The van der Waals surface area contributed by atoms with E-state index in [-0.39, 0.29) is 18.4 Å². The van der Waals surface area contributed by atoms with E-state index in [4.69, 9.17) is 15.2 Å². The maximum absolute atomic E-state index is 11.1. The van der Waals surface area contributed by atoms with Crippen molar-refractivity contribution in [2.45, 2.75) is 18.9 Å². The van der Waals surface area contributed by atoms with Crippen LogP contribution < -0.4 is 15.2 Å². The highest BCUT2D eigenvalue weighted by Gasteiger charge is 2.13. The number of hydrogen-bond donors (Lipinski definition) is 1. The van der Waals surface area contributed by atoms with Crippen molar-refractivity contribution in [2.24, 2.45) is 5.73 Å². The first-order chi connectivity index (χ1) is 8.60. The Labute approximate surface area is 107 Å². The van der Waals surface area contributed by atoms with E-state index in [2.05, 4.69) is 4.74 Å². The van der Waals surface area contributed by atoms with Crippen molar-refractivity contribution in [1.82, 2.24) is 0 Å². The van der Waals surface area contributed by atoms with E-state index >= 15 is 0 Å². The van der Waals surface area contributed by atoms with Gasteiger partial charge in [-0.1, -0.05) is 0 Å². The van der Waals surface area contributed by atoms with Gasteiger partial charge in [-0.2, -0.15) is 0 Å². The summed E-state index contributed by atoms with van der Waals surface area (Å²) in [6, 6.07) is 5.18. The second kappa shape index (κ2) is 6.86. The van der Waals surface area contributed by atoms with Gasteiger partial charge in [0.15, 0.2) is 0 Å². The molecular weight excluding hydrogens is 234 g/mol. The molecule has 1 aromatic carbocycles. The molecule has 0 aliphatic rings. The van der Waals surface area contributed by atoms with Crippen molar-refractivity contribution in [3.8, 4) is 11.5 Å². The third kappa shape index (κ3) is 3.92. The van der Waals surface area contributed by atoms with Crippen LogP contribution in [0.5, 0.6) is 11.5 Å². The highest BCUT2D eigenvalue weighted by atomic mass is 16.5. The molecule has 0 saturated heterocycles. The molecule has 0 spiro atoms. The second-order valence-corrected chi connectivity index (χ2v) is 3.92. The summed E-state index contributed by atoms with van der Waals surface area (Å²) in [5, 5.41) is 0. The lowest BCUT2D eigenvalue weighted by molar-refractivity contribution is -0.140. The van der Waals surface area contributed by atoms with Gasteiger partial charge in [0.25, 0.3) is 0 Å². The van der Waals surface area contributed by atoms with Crippen LogP contribution in [0.4, 0.5) is 0 Å². The summed E-state index contributed by atoms with van der Waals surface area (Å²) in [4.78, 5) is 11.1. The molecule has 0 aromatic heterocycles. The molecule has 1 atom stereocenters. The minimum atomic E-state index is -0.315. The van der Waals surface area contributed by atoms with Crippen molar-refractivity contribution < 1.29 is 19.0 Å². The van der Waals surface area contributed by atoms with E-state index in [1.165, 1.54) is 7.11 Å². The van der Waals surface area contributed by atoms with Gasteiger partial charge in [-0.3, -0.25) is 4.79 Å². The lowest BCUT2D eigenvalue weighted by Crippen LogP contribution is -2.27. The Kier molecular flexibility index (Phi) is 5.45. The number of rotatable bonds is 6. The number of methoxy groups -OCH3 is 3. The van der Waals surface area contributed by atoms with Crippen LogP contribution in [0.3, 0.4) is 0 Å². The topological polar surface area (TPSA) is 70.8 Å². The van der Waals surface area contributed by atoms with Crippen molar-refractivity contribution in [3.05, 3.63) is 23.8 Å². The zero-order chi connectivity index (χ0) is 13.5. The third-order valence-corrected chi connectivity index (χ3v) is 2.63. The molecule has 100 valence electrons. The van der Waals surface area contributed by atoms with E-state index < -0.39 is 0 Å². The van der Waals surface area contributed by atoms with Crippen LogP contribution in [0.15, 0.2) is 18.2 Å². The lowest BCUT2D eigenvalue weighted by Gasteiger charge is -2.14. The SMILES string of the molecule is COC(=O)CC(N)Cc1cc(OC)ccc1OC. The fraction of sp³-hybridized carbons (Fsp3) is 0.462. The smallest absolute Gasteiger partial charge is 0.307 e. The highest BCUT2D eigenvalue weighted by molar-refractivity contribution is 5.70. The molecule has 5 nitrogen and oxygen atoms in total. The molecule has 5 heteroatoms. The van der Waals surface area contributed by atoms with E-state index in [1.807, 2.05) is 18.2 Å². The van der Waals surface area contributed by atoms with Crippen LogP contribution in [-0.4, -0.2) is 33.3 Å². The van der Waals surface area contributed by atoms with Crippen LogP contribution in [0, 0.1) is 0 Å². The molecule has 1 aromatic rings. The minimum Gasteiger partial charge on any atom is -0.497 e. The molecule has 0 aliphatic carbocycles. The van der Waals surface area contributed by atoms with Crippen molar-refractivity contribution in [2.75, 3.05) is 21.3 Å². The Morgan fingerprint density at radius 2 is 2.00 bits per heavy atom. The Hall–Kier alpha value is -1.75. The van der Waals surface area contributed by atoms with Gasteiger partial charge in [0, 0.05) is 6.04 Å². The van der Waals surface area contributed by atoms with Gasteiger partial charge in [0.2, 0.25) is 0 Å². The number of esters is 1. The zero-order valence-electron chi connectivity index (χ0n) is 10.9. The summed E-state index contributed by atoms with van der Waals surface area (Å²) in [6.07, 6.45) is 0.701. The van der Waals surface area contributed by atoms with Gasteiger partial charge in [0.1, 0.15) is 11.5 Å². The minimum absolute atomic E-state index is 0.177. The normalized spacial score (nSPS) is 11.8. The molecular formula is C13H19NO4. The maximum Gasteiger partial charge on any atom is 0.307 e. The van der Waals surface area contributed by atoms with Gasteiger partial charge < -0.3 is 19.9 Å². The number of hydrogen-bond acceptors (Lipinski definition) is 5. The first kappa shape index (κ1) is 14.3. The van der Waals surface area contributed by atoms with Crippen LogP contribution in [-0.2, 0) is 16.0 Å². The molecule has 18 heavy (non-hydrogen) atoms. The fourth-order valence-electron chi connectivity index (χ4n) is 1.69. The predicted molar refractivity (Wildman–Crippen MR) is 67.9 cm³/mol. The van der Waals surface area contributed by atoms with Gasteiger partial charge in [-0.15, -0.1) is 0 Å². The first-order valence-electron chi connectivity index (χ1n) is 5.64. The third-order valence-electron chi connectivity index (χ3n) is 2.63. The van der Waals surface area contributed by atoms with Gasteiger partial charge in [-0.25, -0.2) is 0 Å². The highest BCUT2D eigenvalue weighted by Crippen LogP contribution is 2.25. The predicted octanol–water partition coefficient (Wildman–Crippen LogP) is 1.14. The number of ether oxygens (including phenoxy) is 3. The van der Waals surface area contributed by atoms with Crippen LogP contribution in [0.1, 0.15) is 12.0 Å². The Balaban J connectivity index is 2.78. The Morgan fingerprint density at radius 3 is 2.56 bits per heavy atom. The van der Waals surface area contributed by atoms with Crippen LogP contribution in [0.2, 0.25) is 0 Å². The van der Waals surface area contributed by atoms with E-state index in [9.17, 15) is 4.79 Å². The summed E-state index contributed by atoms with van der Waals surface area (Å²) < 4.78 is 15.0. The quantitative estimate of drug-likeness (QED) is 0.770. The summed E-state index contributed by atoms with van der Waals surface area (Å²) in [5.41, 5.74) is 6.81. The van der Waals surface area contributed by atoms with Crippen LogP contribution in [0.25, 0.3) is 0 Å². The van der Waals surface area contributed by atoms with Crippen molar-refractivity contribution in [1.29, 1.82) is 0 Å². The molecule has 0 fully saturated rings. The molecule has 0 amide bonds. The van der Waals surface area contributed by atoms with Crippen molar-refractivity contribution >= 4 is 5.97 Å². The number of nitrogens with two attached hydrogens (primary N) is 1. The molecule has 0 heterocycles. The molecule has 2 N–H and O–H groups in total. The summed E-state index contributed by atoms with van der Waals surface area (Å²) in [6.45, 7) is 0. The second-order valence-electron chi connectivity index (χ2n) is 3.92. The van der Waals surface area contributed by atoms with Crippen LogP contribution >= 0.6 is 0 Å². The largest absolute Gasteiger partial charge is 0.497 e. The van der Waals surface area contributed by atoms with E-state index in [0.29, 0.717) is 6.42 Å². The van der Waals surface area contributed by atoms with Gasteiger partial charge in [-0.05, 0) is 30.2 Å². The molecule has 0 radical (unpaired) electrons. The Bertz CT molecular complexity index is 406. The maximum atomic E-state index is 11.1. The zero-order valence-corrected chi connectivity index (χ0v) is 10.9. The monoisotopic (exact) mass is 253 g/mol. The van der Waals surface area contributed by atoms with E-state index in [1.54, 1.807) is 14.2 Å². The number of carbonyl (C=O) groups is 1. The molecule has 0 aliphatic heterocycles. The number of benzene rings is 1. The molecule has 1 rings (SSSR count). The van der Waals surface area contributed by atoms with Crippen molar-refractivity contribution in [3.63, 3.8) is 0 Å². The Morgan fingerprint density at radius 1 is 1.28 bits per heavy atom. The van der Waals surface area contributed by atoms with Gasteiger partial charge in [0.05, 0.1) is 27.8 Å². The number of carbonyl (C=O) groups excluding carboxylic acids is 1. The summed E-state index contributed by atoms with van der Waals surface area (Å²) in [7, 11) is 4.54. The van der Waals surface area contributed by atoms with Gasteiger partial charge >= 0.3 is 5.97 Å².